The van der Waals surface area contributed by atoms with Gasteiger partial charge in [-0.1, -0.05) is 20.8 Å². The van der Waals surface area contributed by atoms with Crippen molar-refractivity contribution in [3.8, 4) is 0 Å². The average Bonchev–Trinajstić information content (AvgIpc) is 2.93. The van der Waals surface area contributed by atoms with Gasteiger partial charge in [-0.15, -0.1) is 11.3 Å². The fourth-order valence-corrected chi connectivity index (χ4v) is 2.70. The van der Waals surface area contributed by atoms with Gasteiger partial charge in [0, 0.05) is 49.2 Å². The van der Waals surface area contributed by atoms with E-state index >= 15 is 0 Å². The summed E-state index contributed by atoms with van der Waals surface area (Å²) in [5.74, 6) is 0. The second-order valence-electron chi connectivity index (χ2n) is 5.79. The van der Waals surface area contributed by atoms with Crippen molar-refractivity contribution in [2.75, 3.05) is 6.54 Å². The quantitative estimate of drug-likeness (QED) is 0.855. The summed E-state index contributed by atoms with van der Waals surface area (Å²) >= 11 is 1.80. The van der Waals surface area contributed by atoms with Crippen LogP contribution in [0.4, 0.5) is 0 Å². The van der Waals surface area contributed by atoms with Crippen molar-refractivity contribution in [2.24, 2.45) is 7.05 Å². The van der Waals surface area contributed by atoms with E-state index in [1.54, 1.807) is 11.3 Å². The molecule has 0 aliphatic heterocycles. The molecule has 0 saturated heterocycles. The molecule has 0 atom stereocenters. The molecule has 5 heteroatoms. The van der Waals surface area contributed by atoms with Crippen LogP contribution in [0.25, 0.3) is 0 Å². The van der Waals surface area contributed by atoms with Crippen LogP contribution >= 0.6 is 11.3 Å². The van der Waals surface area contributed by atoms with Crippen LogP contribution in [0.1, 0.15) is 36.3 Å². The number of hydrogen-bond acceptors (Lipinski definition) is 4. The highest BCUT2D eigenvalue weighted by molar-refractivity contribution is 7.11. The molecule has 0 aliphatic carbocycles. The summed E-state index contributed by atoms with van der Waals surface area (Å²) < 4.78 is 1.84. The van der Waals surface area contributed by atoms with Crippen molar-refractivity contribution in [3.63, 3.8) is 0 Å². The Balaban J connectivity index is 1.75. The Bertz CT molecular complexity index is 522. The number of hydrogen-bond donors (Lipinski definition) is 1. The molecule has 0 saturated carbocycles. The van der Waals surface area contributed by atoms with E-state index in [0.717, 1.165) is 25.2 Å². The van der Waals surface area contributed by atoms with Gasteiger partial charge in [-0.2, -0.15) is 5.10 Å². The summed E-state index contributed by atoms with van der Waals surface area (Å²) in [4.78, 5) is 5.79. The highest BCUT2D eigenvalue weighted by Crippen LogP contribution is 2.26. The minimum atomic E-state index is 0.150. The summed E-state index contributed by atoms with van der Waals surface area (Å²) in [5, 5.41) is 9.01. The lowest BCUT2D eigenvalue weighted by molar-refractivity contribution is 0.585. The maximum atomic E-state index is 4.49. The minimum Gasteiger partial charge on any atom is -0.311 e. The highest BCUT2D eigenvalue weighted by atomic mass is 32.1. The predicted octanol–water partition coefficient (Wildman–Crippen LogP) is 2.51. The van der Waals surface area contributed by atoms with Crippen LogP contribution in [0.5, 0.6) is 0 Å². The third-order valence-electron chi connectivity index (χ3n) is 2.82. The molecule has 0 radical (unpaired) electrons. The molecular weight excluding hydrogens is 256 g/mol. The Morgan fingerprint density at radius 2 is 2.16 bits per heavy atom. The smallest absolute Gasteiger partial charge is 0.0981 e. The zero-order valence-electron chi connectivity index (χ0n) is 12.1. The fraction of sp³-hybridized carbons (Fsp3) is 0.571. The SMILES string of the molecule is Cn1ccc(CCNCc2cnc(C(C)(C)C)s2)n1. The maximum Gasteiger partial charge on any atom is 0.0981 e. The summed E-state index contributed by atoms with van der Waals surface area (Å²) in [6.07, 6.45) is 4.93. The molecule has 0 unspecified atom stereocenters. The number of aryl methyl sites for hydroxylation is 1. The minimum absolute atomic E-state index is 0.150. The molecule has 0 fully saturated rings. The molecule has 2 rings (SSSR count). The largest absolute Gasteiger partial charge is 0.311 e. The molecule has 0 spiro atoms. The van der Waals surface area contributed by atoms with E-state index in [1.807, 2.05) is 24.1 Å². The van der Waals surface area contributed by atoms with Crippen LogP contribution in [-0.4, -0.2) is 21.3 Å². The molecular formula is C14H22N4S. The molecule has 2 heterocycles. The van der Waals surface area contributed by atoms with Gasteiger partial charge in [0.05, 0.1) is 10.7 Å². The standard InChI is InChI=1S/C14H22N4S/c1-14(2,3)13-16-10-12(19-13)9-15-7-5-11-6-8-18(4)17-11/h6,8,10,15H,5,7,9H2,1-4H3. The third kappa shape index (κ3) is 4.14. The normalized spacial score (nSPS) is 12.0. The van der Waals surface area contributed by atoms with Gasteiger partial charge in [0.15, 0.2) is 0 Å². The summed E-state index contributed by atoms with van der Waals surface area (Å²) in [6.45, 7) is 8.43. The Morgan fingerprint density at radius 1 is 1.37 bits per heavy atom. The van der Waals surface area contributed by atoms with E-state index in [0.29, 0.717) is 0 Å². The van der Waals surface area contributed by atoms with Gasteiger partial charge in [0.1, 0.15) is 0 Å². The van der Waals surface area contributed by atoms with Gasteiger partial charge in [0.25, 0.3) is 0 Å². The van der Waals surface area contributed by atoms with E-state index in [2.05, 4.69) is 42.2 Å². The van der Waals surface area contributed by atoms with Crippen LogP contribution in [0.3, 0.4) is 0 Å². The third-order valence-corrected chi connectivity index (χ3v) is 4.24. The van der Waals surface area contributed by atoms with E-state index in [9.17, 15) is 0 Å². The zero-order chi connectivity index (χ0) is 13.9. The summed E-state index contributed by atoms with van der Waals surface area (Å²) in [7, 11) is 1.95. The highest BCUT2D eigenvalue weighted by Gasteiger charge is 2.17. The van der Waals surface area contributed by atoms with Gasteiger partial charge >= 0.3 is 0 Å². The monoisotopic (exact) mass is 278 g/mol. The van der Waals surface area contributed by atoms with Crippen molar-refractivity contribution in [1.82, 2.24) is 20.1 Å². The van der Waals surface area contributed by atoms with Crippen molar-refractivity contribution in [1.29, 1.82) is 0 Å². The molecule has 19 heavy (non-hydrogen) atoms. The number of aromatic nitrogens is 3. The van der Waals surface area contributed by atoms with Crippen LogP contribution < -0.4 is 5.32 Å². The first-order valence-electron chi connectivity index (χ1n) is 6.59. The van der Waals surface area contributed by atoms with Gasteiger partial charge in [0.2, 0.25) is 0 Å². The van der Waals surface area contributed by atoms with Crippen molar-refractivity contribution in [3.05, 3.63) is 34.0 Å². The lowest BCUT2D eigenvalue weighted by Crippen LogP contribution is -2.16. The predicted molar refractivity (Wildman–Crippen MR) is 79.4 cm³/mol. The summed E-state index contributed by atoms with van der Waals surface area (Å²) in [5.41, 5.74) is 1.28. The lowest BCUT2D eigenvalue weighted by atomic mass is 9.98. The number of nitrogens with one attached hydrogen (secondary N) is 1. The van der Waals surface area contributed by atoms with Gasteiger partial charge in [-0.25, -0.2) is 4.98 Å². The van der Waals surface area contributed by atoms with E-state index in [-0.39, 0.29) is 5.41 Å². The van der Waals surface area contributed by atoms with Crippen molar-refractivity contribution < 1.29 is 0 Å². The maximum absolute atomic E-state index is 4.49. The Hall–Kier alpha value is -1.20. The van der Waals surface area contributed by atoms with Gasteiger partial charge in [-0.05, 0) is 6.07 Å². The van der Waals surface area contributed by atoms with Crippen molar-refractivity contribution >= 4 is 11.3 Å². The first kappa shape index (κ1) is 14.2. The second-order valence-corrected chi connectivity index (χ2v) is 6.90. The van der Waals surface area contributed by atoms with Crippen LogP contribution in [0.15, 0.2) is 18.5 Å². The number of thiazole rings is 1. The van der Waals surface area contributed by atoms with Crippen LogP contribution in [-0.2, 0) is 25.4 Å². The van der Waals surface area contributed by atoms with Crippen LogP contribution in [0.2, 0.25) is 0 Å². The molecule has 0 aromatic carbocycles. The van der Waals surface area contributed by atoms with Gasteiger partial charge in [-0.3, -0.25) is 4.68 Å². The molecule has 104 valence electrons. The summed E-state index contributed by atoms with van der Waals surface area (Å²) in [6, 6.07) is 2.06. The number of rotatable bonds is 5. The first-order valence-corrected chi connectivity index (χ1v) is 7.41. The fourth-order valence-electron chi connectivity index (χ4n) is 1.76. The molecule has 0 bridgehead atoms. The molecule has 1 N–H and O–H groups in total. The second kappa shape index (κ2) is 5.84. The molecule has 2 aromatic rings. The Morgan fingerprint density at radius 3 is 2.74 bits per heavy atom. The topological polar surface area (TPSA) is 42.7 Å². The van der Waals surface area contributed by atoms with E-state index in [1.165, 1.54) is 9.88 Å². The Kier molecular flexibility index (Phi) is 4.37. The van der Waals surface area contributed by atoms with Crippen LogP contribution in [0, 0.1) is 0 Å². The average molecular weight is 278 g/mol. The Labute approximate surface area is 118 Å². The lowest BCUT2D eigenvalue weighted by Gasteiger charge is -2.13. The van der Waals surface area contributed by atoms with E-state index in [4.69, 9.17) is 0 Å². The van der Waals surface area contributed by atoms with E-state index < -0.39 is 0 Å². The molecule has 4 nitrogen and oxygen atoms in total. The number of nitrogens with zero attached hydrogens (tertiary/aromatic N) is 3. The molecule has 0 aliphatic rings. The molecule has 0 amide bonds. The first-order chi connectivity index (χ1) is 8.95. The van der Waals surface area contributed by atoms with Crippen molar-refractivity contribution in [2.45, 2.75) is 39.2 Å². The molecule has 2 aromatic heterocycles. The zero-order valence-corrected chi connectivity index (χ0v) is 12.9. The van der Waals surface area contributed by atoms with Gasteiger partial charge < -0.3 is 5.32 Å².